The van der Waals surface area contributed by atoms with Crippen LogP contribution < -0.4 is 4.74 Å². The van der Waals surface area contributed by atoms with Crippen molar-refractivity contribution in [1.29, 1.82) is 0 Å². The summed E-state index contributed by atoms with van der Waals surface area (Å²) >= 11 is 0. The maximum atomic E-state index is 9.82. The van der Waals surface area contributed by atoms with Gasteiger partial charge in [-0.3, -0.25) is 0 Å². The van der Waals surface area contributed by atoms with Crippen molar-refractivity contribution in [1.82, 2.24) is 0 Å². The fourth-order valence-electron chi connectivity index (χ4n) is 5.99. The van der Waals surface area contributed by atoms with E-state index in [0.717, 1.165) is 17.7 Å². The van der Waals surface area contributed by atoms with E-state index >= 15 is 0 Å². The monoisotopic (exact) mass is 622 g/mol. The van der Waals surface area contributed by atoms with E-state index in [1.807, 2.05) is 31.2 Å². The maximum absolute atomic E-state index is 9.82. The third kappa shape index (κ3) is 10.7. The van der Waals surface area contributed by atoms with Crippen LogP contribution in [-0.4, -0.2) is 66.0 Å². The normalized spacial score (nSPS) is 24.6. The number of aliphatic hydroxyl groups excluding tert-OH is 1. The molecule has 0 unspecified atom stereocenters. The lowest BCUT2D eigenvalue weighted by molar-refractivity contribution is -0.256. The Hall–Kier alpha value is -1.26. The molecule has 43 heavy (non-hydrogen) atoms. The summed E-state index contributed by atoms with van der Waals surface area (Å²) in [4.78, 5) is 0. The Morgan fingerprint density at radius 1 is 1.05 bits per heavy atom. The Balaban J connectivity index is 2.32. The molecule has 1 saturated heterocycles. The zero-order chi connectivity index (χ0) is 32.5. The van der Waals surface area contributed by atoms with E-state index in [0.29, 0.717) is 6.61 Å². The Morgan fingerprint density at radius 2 is 1.67 bits per heavy atom. The van der Waals surface area contributed by atoms with Crippen LogP contribution in [0.15, 0.2) is 35.9 Å². The second-order valence-electron chi connectivity index (χ2n) is 14.5. The zero-order valence-electron chi connectivity index (χ0n) is 29.3. The second-order valence-corrected chi connectivity index (χ2v) is 19.2. The minimum absolute atomic E-state index is 0.00659. The molecule has 0 amide bonds. The summed E-state index contributed by atoms with van der Waals surface area (Å²) in [5.74, 6) is 1.60. The molecule has 0 bridgehead atoms. The summed E-state index contributed by atoms with van der Waals surface area (Å²) in [6, 6.07) is 7.94. The first-order chi connectivity index (χ1) is 20.1. The number of aliphatic hydroxyl groups is 1. The van der Waals surface area contributed by atoms with Crippen LogP contribution in [0.5, 0.6) is 5.75 Å². The predicted octanol–water partition coefficient (Wildman–Crippen LogP) is 8.00. The third-order valence-corrected chi connectivity index (χ3v) is 14.0. The maximum Gasteiger partial charge on any atom is 0.192 e. The van der Waals surface area contributed by atoms with E-state index in [2.05, 4.69) is 74.6 Å². The quantitative estimate of drug-likeness (QED) is 0.114. The number of hydrogen-bond acceptors (Lipinski definition) is 7. The van der Waals surface area contributed by atoms with Gasteiger partial charge in [0.15, 0.2) is 14.6 Å². The van der Waals surface area contributed by atoms with Crippen LogP contribution >= 0.6 is 0 Å². The van der Waals surface area contributed by atoms with Gasteiger partial charge in [0, 0.05) is 43.0 Å². The summed E-state index contributed by atoms with van der Waals surface area (Å²) in [5, 5.41) is 9.91. The van der Waals surface area contributed by atoms with Gasteiger partial charge < -0.3 is 33.2 Å². The Morgan fingerprint density at radius 3 is 2.21 bits per heavy atom. The summed E-state index contributed by atoms with van der Waals surface area (Å²) < 4.78 is 36.6. The first-order valence-electron chi connectivity index (χ1n) is 16.0. The molecule has 1 fully saturated rings. The van der Waals surface area contributed by atoms with E-state index in [1.54, 1.807) is 14.2 Å². The molecule has 8 heteroatoms. The van der Waals surface area contributed by atoms with E-state index in [4.69, 9.17) is 28.1 Å². The van der Waals surface area contributed by atoms with Gasteiger partial charge >= 0.3 is 0 Å². The van der Waals surface area contributed by atoms with E-state index in [-0.39, 0.29) is 66.3 Å². The van der Waals surface area contributed by atoms with Gasteiger partial charge in [-0.05, 0) is 49.5 Å². The van der Waals surface area contributed by atoms with Crippen LogP contribution in [0.3, 0.4) is 0 Å². The fourth-order valence-corrected chi connectivity index (χ4v) is 7.48. The topological polar surface area (TPSA) is 75.6 Å². The predicted molar refractivity (Wildman–Crippen MR) is 177 cm³/mol. The molecule has 1 aromatic carbocycles. The van der Waals surface area contributed by atoms with Gasteiger partial charge in [-0.1, -0.05) is 79.2 Å². The molecule has 9 atom stereocenters. The molecule has 1 aromatic rings. The molecular formula is C35H62O7Si. The number of rotatable bonds is 16. The lowest BCUT2D eigenvalue weighted by atomic mass is 9.81. The summed E-state index contributed by atoms with van der Waals surface area (Å²) in [5.41, 5.74) is 2.29. The highest BCUT2D eigenvalue weighted by Gasteiger charge is 2.45. The minimum atomic E-state index is -2.09. The first-order valence-corrected chi connectivity index (χ1v) is 18.9. The summed E-state index contributed by atoms with van der Waals surface area (Å²) in [7, 11) is 1.21. The number of hydrogen-bond donors (Lipinski definition) is 1. The molecule has 2 rings (SSSR count). The molecule has 1 N–H and O–H groups in total. The van der Waals surface area contributed by atoms with E-state index in [9.17, 15) is 5.11 Å². The van der Waals surface area contributed by atoms with Crippen molar-refractivity contribution < 1.29 is 33.2 Å². The minimum Gasteiger partial charge on any atom is -0.497 e. The molecule has 7 nitrogen and oxygen atoms in total. The number of methoxy groups -OCH3 is 2. The molecular weight excluding hydrogens is 560 g/mol. The van der Waals surface area contributed by atoms with Gasteiger partial charge in [0.1, 0.15) is 12.5 Å². The zero-order valence-corrected chi connectivity index (χ0v) is 30.3. The number of ether oxygens (including phenoxy) is 5. The largest absolute Gasteiger partial charge is 0.497 e. The smallest absolute Gasteiger partial charge is 0.192 e. The van der Waals surface area contributed by atoms with Crippen molar-refractivity contribution in [2.75, 3.05) is 34.2 Å². The molecule has 248 valence electrons. The van der Waals surface area contributed by atoms with Crippen LogP contribution in [0.1, 0.15) is 80.6 Å². The molecule has 1 heterocycles. The van der Waals surface area contributed by atoms with Crippen molar-refractivity contribution in [2.24, 2.45) is 29.6 Å². The van der Waals surface area contributed by atoms with Crippen LogP contribution in [0, 0.1) is 29.6 Å². The molecule has 0 radical (unpaired) electrons. The van der Waals surface area contributed by atoms with Crippen LogP contribution in [0.4, 0.5) is 0 Å². The number of benzene rings is 1. The molecule has 1 aliphatic rings. The van der Waals surface area contributed by atoms with Gasteiger partial charge in [0.2, 0.25) is 0 Å². The van der Waals surface area contributed by atoms with Gasteiger partial charge in [-0.15, -0.1) is 0 Å². The van der Waals surface area contributed by atoms with Crippen molar-refractivity contribution in [3.8, 4) is 5.75 Å². The van der Waals surface area contributed by atoms with Crippen LogP contribution in [-0.2, 0) is 23.4 Å². The van der Waals surface area contributed by atoms with Gasteiger partial charge in [0.05, 0.1) is 32.0 Å². The lowest BCUT2D eigenvalue weighted by Crippen LogP contribution is -2.51. The highest BCUT2D eigenvalue weighted by molar-refractivity contribution is 6.74. The fraction of sp³-hybridized carbons (Fsp3) is 0.771. The van der Waals surface area contributed by atoms with Crippen LogP contribution in [0.2, 0.25) is 18.1 Å². The SMILES string of the molecule is COCO[C@H]([C@@H](C)/C=C(/C)C[C@H](C)[C@@H](O[Si](C)(C)C(C)(C)C)[C@H](C)[C@H]1O[C@@H](c2ccc(OC)cc2)OC[C@@H]1C)[C@@H](C)CO. The van der Waals surface area contributed by atoms with Gasteiger partial charge in [-0.2, -0.15) is 0 Å². The molecule has 0 aliphatic carbocycles. The van der Waals surface area contributed by atoms with E-state index < -0.39 is 14.6 Å². The molecule has 0 spiro atoms. The molecule has 0 aromatic heterocycles. The highest BCUT2D eigenvalue weighted by Crippen LogP contribution is 2.42. The summed E-state index contributed by atoms with van der Waals surface area (Å²) in [6.45, 7) is 25.7. The van der Waals surface area contributed by atoms with Crippen molar-refractivity contribution in [3.05, 3.63) is 41.5 Å². The summed E-state index contributed by atoms with van der Waals surface area (Å²) in [6.07, 6.45) is 2.65. The average molecular weight is 623 g/mol. The lowest BCUT2D eigenvalue weighted by Gasteiger charge is -2.47. The van der Waals surface area contributed by atoms with Gasteiger partial charge in [0.25, 0.3) is 0 Å². The van der Waals surface area contributed by atoms with Crippen molar-refractivity contribution in [2.45, 2.75) is 111 Å². The third-order valence-electron chi connectivity index (χ3n) is 9.51. The second kappa shape index (κ2) is 16.9. The highest BCUT2D eigenvalue weighted by atomic mass is 28.4. The number of allylic oxidation sites excluding steroid dienone is 1. The van der Waals surface area contributed by atoms with Crippen molar-refractivity contribution >= 4 is 8.32 Å². The van der Waals surface area contributed by atoms with Gasteiger partial charge in [-0.25, -0.2) is 0 Å². The van der Waals surface area contributed by atoms with Crippen molar-refractivity contribution in [3.63, 3.8) is 0 Å². The standard InChI is InChI=1S/C35H62O7Si/c1-23(18-24(2)31(26(4)20-36)40-22-37-10)19-25(3)33(42-43(12,13)35(7,8)9)28(6)32-27(5)21-39-34(41-32)29-14-16-30(38-11)17-15-29/h14-18,24-28,31-34,36H,19-22H2,1-13H3/b23-18-/t24-,25-,26-,27-,28+,31+,32-,33+,34-/m0/s1. The molecule has 1 aliphatic heterocycles. The van der Waals surface area contributed by atoms with E-state index in [1.165, 1.54) is 5.57 Å². The Labute approximate surface area is 263 Å². The Bertz CT molecular complexity index is 973. The van der Waals surface area contributed by atoms with Crippen LogP contribution in [0.25, 0.3) is 0 Å². The first kappa shape index (κ1) is 37.9. The Kier molecular flexibility index (Phi) is 14.9. The molecule has 0 saturated carbocycles. The average Bonchev–Trinajstić information content (AvgIpc) is 2.95.